The number of ether oxygens (including phenoxy) is 3. The van der Waals surface area contributed by atoms with Gasteiger partial charge in [-0.05, 0) is 62.6 Å². The van der Waals surface area contributed by atoms with Crippen LogP contribution in [0, 0.1) is 13.8 Å². The lowest BCUT2D eigenvalue weighted by Gasteiger charge is -2.27. The number of fused-ring (bicyclic) bond motifs is 1. The molecule has 2 aliphatic heterocycles. The van der Waals surface area contributed by atoms with Gasteiger partial charge >= 0.3 is 0 Å². The molecule has 5 rings (SSSR count). The van der Waals surface area contributed by atoms with Gasteiger partial charge in [0.2, 0.25) is 0 Å². The van der Waals surface area contributed by atoms with E-state index in [1.165, 1.54) is 0 Å². The molecule has 0 aliphatic carbocycles. The predicted molar refractivity (Wildman–Crippen MR) is 117 cm³/mol. The summed E-state index contributed by atoms with van der Waals surface area (Å²) in [5.74, 6) is 2.91. The van der Waals surface area contributed by atoms with Crippen molar-refractivity contribution in [2.24, 2.45) is 0 Å². The van der Waals surface area contributed by atoms with Crippen molar-refractivity contribution in [1.82, 2.24) is 10.1 Å². The molecule has 7 nitrogen and oxygen atoms in total. The van der Waals surface area contributed by atoms with Crippen molar-refractivity contribution in [2.45, 2.75) is 39.3 Å². The number of benzene rings is 2. The highest BCUT2D eigenvalue weighted by Crippen LogP contribution is 2.38. The smallest absolute Gasteiger partial charge is 0.254 e. The highest BCUT2D eigenvalue weighted by atomic mass is 16.6. The number of rotatable bonds is 5. The van der Waals surface area contributed by atoms with Gasteiger partial charge in [-0.25, -0.2) is 0 Å². The first-order chi connectivity index (χ1) is 15.6. The van der Waals surface area contributed by atoms with E-state index in [-0.39, 0.29) is 11.9 Å². The molecular formula is C25H26N2O5. The van der Waals surface area contributed by atoms with E-state index in [1.54, 1.807) is 6.07 Å². The minimum atomic E-state index is 0.00479. The zero-order chi connectivity index (χ0) is 22.1. The Morgan fingerprint density at radius 1 is 1.12 bits per heavy atom. The van der Waals surface area contributed by atoms with Gasteiger partial charge < -0.3 is 23.6 Å². The van der Waals surface area contributed by atoms with Crippen molar-refractivity contribution in [3.63, 3.8) is 0 Å². The fourth-order valence-electron chi connectivity index (χ4n) is 4.37. The molecule has 7 heteroatoms. The quantitative estimate of drug-likeness (QED) is 0.583. The van der Waals surface area contributed by atoms with E-state index in [2.05, 4.69) is 5.16 Å². The van der Waals surface area contributed by atoms with Crippen LogP contribution >= 0.6 is 0 Å². The highest BCUT2D eigenvalue weighted by Gasteiger charge is 2.31. The van der Waals surface area contributed by atoms with Gasteiger partial charge in [0.25, 0.3) is 5.91 Å². The molecule has 0 unspecified atom stereocenters. The Labute approximate surface area is 186 Å². The summed E-state index contributed by atoms with van der Waals surface area (Å²) in [6.07, 6.45) is 1.89. The average molecular weight is 434 g/mol. The van der Waals surface area contributed by atoms with Crippen LogP contribution in [0.2, 0.25) is 0 Å². The van der Waals surface area contributed by atoms with Gasteiger partial charge in [0, 0.05) is 12.1 Å². The van der Waals surface area contributed by atoms with Crippen molar-refractivity contribution in [3.05, 3.63) is 70.6 Å². The minimum absolute atomic E-state index is 0.00479. The van der Waals surface area contributed by atoms with Crippen LogP contribution in [-0.2, 0) is 6.61 Å². The second-order valence-corrected chi connectivity index (χ2v) is 8.18. The van der Waals surface area contributed by atoms with Crippen LogP contribution in [0.1, 0.15) is 51.8 Å². The van der Waals surface area contributed by atoms with Gasteiger partial charge in [0.15, 0.2) is 11.5 Å². The predicted octanol–water partition coefficient (Wildman–Crippen LogP) is 4.62. The van der Waals surface area contributed by atoms with Gasteiger partial charge in [0.1, 0.15) is 31.3 Å². The van der Waals surface area contributed by atoms with E-state index in [0.29, 0.717) is 31.1 Å². The number of carbonyl (C=O) groups excluding carboxylic acids is 1. The van der Waals surface area contributed by atoms with Crippen LogP contribution in [0.4, 0.5) is 0 Å². The number of carbonyl (C=O) groups is 1. The Balaban J connectivity index is 1.33. The number of amides is 1. The molecule has 3 aromatic rings. The third-order valence-electron chi connectivity index (χ3n) is 6.11. The number of likely N-dealkylation sites (tertiary alicyclic amines) is 1. The Hall–Kier alpha value is -3.48. The van der Waals surface area contributed by atoms with Crippen LogP contribution in [0.5, 0.6) is 17.2 Å². The molecule has 2 aromatic carbocycles. The van der Waals surface area contributed by atoms with Gasteiger partial charge in [-0.3, -0.25) is 4.79 Å². The van der Waals surface area contributed by atoms with Gasteiger partial charge in [0.05, 0.1) is 17.3 Å². The molecule has 3 heterocycles. The lowest BCUT2D eigenvalue weighted by Crippen LogP contribution is -2.30. The number of hydrogen-bond donors (Lipinski definition) is 0. The molecule has 0 radical (unpaired) electrons. The van der Waals surface area contributed by atoms with Crippen LogP contribution in [0.15, 0.2) is 47.0 Å². The summed E-state index contributed by atoms with van der Waals surface area (Å²) in [4.78, 5) is 15.3. The van der Waals surface area contributed by atoms with Gasteiger partial charge in [-0.1, -0.05) is 17.3 Å². The van der Waals surface area contributed by atoms with Crippen LogP contribution in [0.25, 0.3) is 0 Å². The Morgan fingerprint density at radius 2 is 1.97 bits per heavy atom. The van der Waals surface area contributed by atoms with Crippen LogP contribution in [-0.4, -0.2) is 35.7 Å². The third-order valence-corrected chi connectivity index (χ3v) is 6.11. The zero-order valence-corrected chi connectivity index (χ0v) is 18.3. The van der Waals surface area contributed by atoms with E-state index in [4.69, 9.17) is 18.7 Å². The van der Waals surface area contributed by atoms with Crippen molar-refractivity contribution >= 4 is 5.91 Å². The standard InChI is InChI=1S/C25H26N2O5/c1-16-21(17(2)32-26-16)15-31-20-6-3-5-19(13-20)25(28)27-10-4-7-22(27)18-8-9-23-24(14-18)30-12-11-29-23/h3,5-6,8-9,13-14,22H,4,7,10-12,15H2,1-2H3/t22-/m0/s1. The van der Waals surface area contributed by atoms with Gasteiger partial charge in [-0.15, -0.1) is 0 Å². The summed E-state index contributed by atoms with van der Waals surface area (Å²) in [6, 6.07) is 13.4. The molecular weight excluding hydrogens is 408 g/mol. The van der Waals surface area contributed by atoms with Crippen molar-refractivity contribution in [1.29, 1.82) is 0 Å². The molecule has 0 spiro atoms. The molecule has 1 saturated heterocycles. The summed E-state index contributed by atoms with van der Waals surface area (Å²) >= 11 is 0. The average Bonchev–Trinajstić information content (AvgIpc) is 3.44. The summed E-state index contributed by atoms with van der Waals surface area (Å²) in [5.41, 5.74) is 3.44. The minimum Gasteiger partial charge on any atom is -0.489 e. The molecule has 0 saturated carbocycles. The van der Waals surface area contributed by atoms with E-state index in [1.807, 2.05) is 55.1 Å². The molecule has 32 heavy (non-hydrogen) atoms. The lowest BCUT2D eigenvalue weighted by molar-refractivity contribution is 0.0734. The van der Waals surface area contributed by atoms with E-state index < -0.39 is 0 Å². The topological polar surface area (TPSA) is 74.0 Å². The second-order valence-electron chi connectivity index (χ2n) is 8.18. The molecule has 1 amide bonds. The first kappa shape index (κ1) is 20.4. The summed E-state index contributed by atoms with van der Waals surface area (Å²) in [5, 5.41) is 3.96. The van der Waals surface area contributed by atoms with Gasteiger partial charge in [-0.2, -0.15) is 0 Å². The van der Waals surface area contributed by atoms with E-state index in [9.17, 15) is 4.79 Å². The Morgan fingerprint density at radius 3 is 2.78 bits per heavy atom. The second kappa shape index (κ2) is 8.57. The van der Waals surface area contributed by atoms with Crippen LogP contribution < -0.4 is 14.2 Å². The van der Waals surface area contributed by atoms with Crippen molar-refractivity contribution in [2.75, 3.05) is 19.8 Å². The number of aromatic nitrogens is 1. The zero-order valence-electron chi connectivity index (χ0n) is 18.3. The van der Waals surface area contributed by atoms with E-state index >= 15 is 0 Å². The fraction of sp³-hybridized carbons (Fsp3) is 0.360. The maximum atomic E-state index is 13.4. The number of nitrogens with zero attached hydrogens (tertiary/aromatic N) is 2. The summed E-state index contributed by atoms with van der Waals surface area (Å²) in [6.45, 7) is 5.94. The first-order valence-corrected chi connectivity index (χ1v) is 11.0. The normalized spacial score (nSPS) is 17.4. The Kier molecular flexibility index (Phi) is 5.47. The lowest BCUT2D eigenvalue weighted by atomic mass is 10.0. The maximum Gasteiger partial charge on any atom is 0.254 e. The largest absolute Gasteiger partial charge is 0.489 e. The molecule has 166 valence electrons. The molecule has 2 aliphatic rings. The number of aryl methyl sites for hydroxylation is 2. The molecule has 1 aromatic heterocycles. The molecule has 0 N–H and O–H groups in total. The molecule has 1 fully saturated rings. The highest BCUT2D eigenvalue weighted by molar-refractivity contribution is 5.95. The van der Waals surface area contributed by atoms with Crippen molar-refractivity contribution in [3.8, 4) is 17.2 Å². The summed E-state index contributed by atoms with van der Waals surface area (Å²) in [7, 11) is 0. The van der Waals surface area contributed by atoms with Crippen molar-refractivity contribution < 1.29 is 23.5 Å². The third kappa shape index (κ3) is 3.90. The van der Waals surface area contributed by atoms with Crippen LogP contribution in [0.3, 0.4) is 0 Å². The van der Waals surface area contributed by atoms with E-state index in [0.717, 1.165) is 53.5 Å². The maximum absolute atomic E-state index is 13.4. The fourth-order valence-corrected chi connectivity index (χ4v) is 4.37. The molecule has 1 atom stereocenters. The number of hydrogen-bond acceptors (Lipinski definition) is 6. The monoisotopic (exact) mass is 434 g/mol. The first-order valence-electron chi connectivity index (χ1n) is 11.0. The summed E-state index contributed by atoms with van der Waals surface area (Å²) < 4.78 is 22.5. The Bertz CT molecular complexity index is 1120. The molecule has 0 bridgehead atoms. The SMILES string of the molecule is Cc1noc(C)c1COc1cccc(C(=O)N2CCC[C@H]2c2ccc3c(c2)OCCO3)c1.